The van der Waals surface area contributed by atoms with Crippen molar-refractivity contribution >= 4 is 28.6 Å². The lowest BCUT2D eigenvalue weighted by molar-refractivity contribution is -0.126. The lowest BCUT2D eigenvalue weighted by Crippen LogP contribution is -2.49. The van der Waals surface area contributed by atoms with Crippen molar-refractivity contribution in [2.45, 2.75) is 38.3 Å². The predicted octanol–water partition coefficient (Wildman–Crippen LogP) is 1.56. The number of H-pyrrole nitrogens is 1. The van der Waals surface area contributed by atoms with Crippen LogP contribution in [0.15, 0.2) is 24.3 Å². The van der Waals surface area contributed by atoms with Crippen LogP contribution in [-0.2, 0) is 9.59 Å². The smallest absolute Gasteiger partial charge is 0.270 e. The van der Waals surface area contributed by atoms with E-state index in [1.807, 2.05) is 25.1 Å². The molecule has 0 radical (unpaired) electrons. The van der Waals surface area contributed by atoms with Crippen LogP contribution in [0.25, 0.3) is 10.9 Å². The van der Waals surface area contributed by atoms with E-state index >= 15 is 0 Å². The van der Waals surface area contributed by atoms with Crippen LogP contribution in [0.5, 0.6) is 5.75 Å². The van der Waals surface area contributed by atoms with Crippen LogP contribution in [0.2, 0.25) is 0 Å². The van der Waals surface area contributed by atoms with E-state index in [-0.39, 0.29) is 36.0 Å². The van der Waals surface area contributed by atoms with E-state index in [1.54, 1.807) is 18.1 Å². The molecule has 3 N–H and O–H groups in total. The highest BCUT2D eigenvalue weighted by Crippen LogP contribution is 2.29. The Labute approximate surface area is 186 Å². The van der Waals surface area contributed by atoms with Gasteiger partial charge in [0.1, 0.15) is 23.5 Å². The van der Waals surface area contributed by atoms with E-state index in [1.165, 1.54) is 0 Å². The summed E-state index contributed by atoms with van der Waals surface area (Å²) in [6.07, 6.45) is 1.44. The normalized spacial score (nSPS) is 23.6. The number of carbonyl (C=O) groups excluding carboxylic acids is 3. The number of aromatic nitrogens is 1. The Hall–Kier alpha value is -3.54. The van der Waals surface area contributed by atoms with Gasteiger partial charge >= 0.3 is 0 Å². The summed E-state index contributed by atoms with van der Waals surface area (Å²) in [7, 11) is 1.58. The minimum Gasteiger partial charge on any atom is -0.496 e. The zero-order valence-corrected chi connectivity index (χ0v) is 18.2. The van der Waals surface area contributed by atoms with E-state index in [0.29, 0.717) is 37.4 Å². The number of hydrogen-bond acceptors (Lipinski definition) is 5. The summed E-state index contributed by atoms with van der Waals surface area (Å²) in [5.74, 6) is -0.177. The first kappa shape index (κ1) is 21.7. The number of amides is 3. The molecule has 32 heavy (non-hydrogen) atoms. The molecule has 2 aliphatic rings. The number of rotatable bonds is 6. The average Bonchev–Trinajstić information content (AvgIpc) is 3.50. The van der Waals surface area contributed by atoms with Gasteiger partial charge in [0.2, 0.25) is 11.8 Å². The van der Waals surface area contributed by atoms with Gasteiger partial charge in [-0.05, 0) is 43.4 Å². The van der Waals surface area contributed by atoms with Crippen LogP contribution < -0.4 is 15.4 Å². The van der Waals surface area contributed by atoms with E-state index in [0.717, 1.165) is 10.9 Å². The van der Waals surface area contributed by atoms with Gasteiger partial charge in [-0.2, -0.15) is 5.26 Å². The van der Waals surface area contributed by atoms with Crippen molar-refractivity contribution in [3.63, 3.8) is 0 Å². The van der Waals surface area contributed by atoms with Crippen LogP contribution in [0.4, 0.5) is 0 Å². The minimum atomic E-state index is -0.776. The van der Waals surface area contributed by atoms with Gasteiger partial charge in [0, 0.05) is 29.9 Å². The van der Waals surface area contributed by atoms with E-state index < -0.39 is 12.1 Å². The highest BCUT2D eigenvalue weighted by molar-refractivity contribution is 6.01. The SMILES string of the molecule is COc1cccc2[nH]c(C(=O)N3CC(C)CC3C(=O)NC(C#N)CC3CCNC3=O)cc12. The molecule has 4 unspecified atom stereocenters. The summed E-state index contributed by atoms with van der Waals surface area (Å²) >= 11 is 0. The van der Waals surface area contributed by atoms with Gasteiger partial charge in [0.25, 0.3) is 5.91 Å². The number of nitrogens with one attached hydrogen (secondary N) is 3. The maximum absolute atomic E-state index is 13.3. The Morgan fingerprint density at radius 1 is 1.41 bits per heavy atom. The third kappa shape index (κ3) is 4.13. The monoisotopic (exact) mass is 437 g/mol. The second kappa shape index (κ2) is 8.91. The number of aromatic amines is 1. The highest BCUT2D eigenvalue weighted by atomic mass is 16.5. The maximum Gasteiger partial charge on any atom is 0.270 e. The summed E-state index contributed by atoms with van der Waals surface area (Å²) in [6.45, 7) is 3.03. The fourth-order valence-corrected chi connectivity index (χ4v) is 4.66. The number of likely N-dealkylation sites (tertiary alicyclic amines) is 1. The summed E-state index contributed by atoms with van der Waals surface area (Å²) in [5, 5.41) is 15.8. The molecule has 9 nitrogen and oxygen atoms in total. The van der Waals surface area contributed by atoms with Crippen molar-refractivity contribution in [2.24, 2.45) is 11.8 Å². The van der Waals surface area contributed by atoms with Crippen molar-refractivity contribution in [2.75, 3.05) is 20.2 Å². The van der Waals surface area contributed by atoms with E-state index in [2.05, 4.69) is 21.7 Å². The lowest BCUT2D eigenvalue weighted by Gasteiger charge is -2.25. The van der Waals surface area contributed by atoms with Crippen molar-refractivity contribution in [3.05, 3.63) is 30.0 Å². The van der Waals surface area contributed by atoms with Crippen molar-refractivity contribution in [1.82, 2.24) is 20.5 Å². The van der Waals surface area contributed by atoms with Crippen LogP contribution in [0.3, 0.4) is 0 Å². The number of benzene rings is 1. The molecule has 3 heterocycles. The summed E-state index contributed by atoms with van der Waals surface area (Å²) < 4.78 is 5.37. The van der Waals surface area contributed by atoms with Crippen LogP contribution in [0.1, 0.15) is 36.7 Å². The lowest BCUT2D eigenvalue weighted by atomic mass is 9.98. The van der Waals surface area contributed by atoms with Gasteiger partial charge in [-0.3, -0.25) is 14.4 Å². The van der Waals surface area contributed by atoms with Gasteiger partial charge in [-0.25, -0.2) is 0 Å². The molecule has 0 spiro atoms. The molecule has 2 aliphatic heterocycles. The first-order valence-corrected chi connectivity index (χ1v) is 10.9. The number of methoxy groups -OCH3 is 1. The first-order chi connectivity index (χ1) is 15.4. The molecule has 3 amide bonds. The van der Waals surface area contributed by atoms with Gasteiger partial charge < -0.3 is 25.3 Å². The highest BCUT2D eigenvalue weighted by Gasteiger charge is 2.39. The molecular weight excluding hydrogens is 410 g/mol. The minimum absolute atomic E-state index is 0.0833. The largest absolute Gasteiger partial charge is 0.496 e. The van der Waals surface area contributed by atoms with Crippen LogP contribution >= 0.6 is 0 Å². The molecule has 0 aliphatic carbocycles. The molecule has 4 rings (SSSR count). The molecule has 1 aromatic heterocycles. The Morgan fingerprint density at radius 3 is 2.91 bits per heavy atom. The standard InChI is InChI=1S/C23H27N5O4/c1-13-8-19(22(30)26-15(11-24)9-14-6-7-25-21(14)29)28(12-13)23(31)18-10-16-17(27-18)4-3-5-20(16)32-2/h3-5,10,13-15,19,27H,6-9,12H2,1-2H3,(H,25,29)(H,26,30). The number of carbonyl (C=O) groups is 3. The number of hydrogen-bond donors (Lipinski definition) is 3. The maximum atomic E-state index is 13.3. The van der Waals surface area contributed by atoms with Crippen molar-refractivity contribution in [3.8, 4) is 11.8 Å². The summed E-state index contributed by atoms with van der Waals surface area (Å²) in [5.41, 5.74) is 1.16. The Kier molecular flexibility index (Phi) is 6.04. The summed E-state index contributed by atoms with van der Waals surface area (Å²) in [6, 6.07) is 7.91. The Morgan fingerprint density at radius 2 is 2.22 bits per heavy atom. The van der Waals surface area contributed by atoms with Crippen molar-refractivity contribution < 1.29 is 19.1 Å². The second-order valence-corrected chi connectivity index (χ2v) is 8.62. The zero-order valence-electron chi connectivity index (χ0n) is 18.2. The van der Waals surface area contributed by atoms with Crippen LogP contribution in [0, 0.1) is 23.2 Å². The predicted molar refractivity (Wildman–Crippen MR) is 117 cm³/mol. The fourth-order valence-electron chi connectivity index (χ4n) is 4.66. The fraction of sp³-hybridized carbons (Fsp3) is 0.478. The van der Waals surface area contributed by atoms with E-state index in [4.69, 9.17) is 4.74 Å². The first-order valence-electron chi connectivity index (χ1n) is 10.9. The molecular formula is C23H27N5O4. The Bertz CT molecular complexity index is 1090. The van der Waals surface area contributed by atoms with E-state index in [9.17, 15) is 19.6 Å². The molecule has 168 valence electrons. The van der Waals surface area contributed by atoms with Crippen molar-refractivity contribution in [1.29, 1.82) is 5.26 Å². The van der Waals surface area contributed by atoms with Gasteiger partial charge in [0.15, 0.2) is 0 Å². The molecule has 0 bridgehead atoms. The number of nitrogens with zero attached hydrogens (tertiary/aromatic N) is 2. The topological polar surface area (TPSA) is 127 Å². The van der Waals surface area contributed by atoms with Gasteiger partial charge in [0.05, 0.1) is 13.2 Å². The molecule has 2 saturated heterocycles. The Balaban J connectivity index is 1.50. The molecule has 2 fully saturated rings. The van der Waals surface area contributed by atoms with Crippen LogP contribution in [-0.4, -0.2) is 59.9 Å². The number of fused-ring (bicyclic) bond motifs is 1. The molecule has 4 atom stereocenters. The quantitative estimate of drug-likeness (QED) is 0.632. The second-order valence-electron chi connectivity index (χ2n) is 8.62. The molecule has 9 heteroatoms. The van der Waals surface area contributed by atoms with Gasteiger partial charge in [-0.15, -0.1) is 0 Å². The summed E-state index contributed by atoms with van der Waals surface area (Å²) in [4.78, 5) is 42.9. The zero-order chi connectivity index (χ0) is 22.8. The third-order valence-electron chi connectivity index (χ3n) is 6.30. The van der Waals surface area contributed by atoms with Gasteiger partial charge in [-0.1, -0.05) is 13.0 Å². The number of ether oxygens (including phenoxy) is 1. The third-order valence-corrected chi connectivity index (χ3v) is 6.30. The molecule has 1 aromatic carbocycles. The molecule has 0 saturated carbocycles. The molecule has 2 aromatic rings. The average molecular weight is 438 g/mol. The number of nitriles is 1.